The minimum absolute atomic E-state index is 0.0866. The topological polar surface area (TPSA) is 71.5 Å². The van der Waals surface area contributed by atoms with Crippen LogP contribution in [-0.4, -0.2) is 16.0 Å². The number of nitrogens with zero attached hydrogens (tertiary/aromatic N) is 2. The third-order valence-electron chi connectivity index (χ3n) is 3.04. The van der Waals surface area contributed by atoms with Crippen LogP contribution in [-0.2, 0) is 0 Å². The fraction of sp³-hybridized carbons (Fsp3) is 0. The molecule has 4 nitrogen and oxygen atoms in total. The van der Waals surface area contributed by atoms with E-state index in [1.807, 2.05) is 60.7 Å². The van der Waals surface area contributed by atoms with Crippen LogP contribution in [0.2, 0.25) is 0 Å². The van der Waals surface area contributed by atoms with E-state index in [2.05, 4.69) is 10.1 Å². The molecular weight excluding hydrogens is 282 g/mol. The number of nitrogens with two attached hydrogens (primary N) is 1. The zero-order valence-electron chi connectivity index (χ0n) is 11.1. The summed E-state index contributed by atoms with van der Waals surface area (Å²) in [6.07, 6.45) is 0. The Balaban J connectivity index is 2.12. The molecule has 1 heterocycles. The fourth-order valence-corrected chi connectivity index (χ4v) is 2.93. The fourth-order valence-electron chi connectivity index (χ4n) is 2.08. The number of oxime groups is 1. The molecule has 1 aromatic heterocycles. The van der Waals surface area contributed by atoms with Crippen molar-refractivity contribution >= 4 is 28.5 Å². The summed E-state index contributed by atoms with van der Waals surface area (Å²) in [6.45, 7) is 0. The number of hydrogen-bond donors (Lipinski definition) is 2. The molecule has 0 unspecified atom stereocenters. The van der Waals surface area contributed by atoms with Crippen molar-refractivity contribution in [2.45, 2.75) is 9.92 Å². The molecule has 3 N–H and O–H groups in total. The third kappa shape index (κ3) is 2.83. The van der Waals surface area contributed by atoms with Gasteiger partial charge in [-0.3, -0.25) is 0 Å². The van der Waals surface area contributed by atoms with E-state index in [9.17, 15) is 0 Å². The van der Waals surface area contributed by atoms with Crippen molar-refractivity contribution in [3.8, 4) is 0 Å². The van der Waals surface area contributed by atoms with Crippen LogP contribution in [0.4, 0.5) is 0 Å². The second-order valence-electron chi connectivity index (χ2n) is 4.43. The largest absolute Gasteiger partial charge is 0.409 e. The SMILES string of the molecule is NC(=NO)c1cc(Sc2ccccc2)nc2ccccc12. The smallest absolute Gasteiger partial charge is 0.170 e. The summed E-state index contributed by atoms with van der Waals surface area (Å²) >= 11 is 1.54. The molecule has 104 valence electrons. The van der Waals surface area contributed by atoms with E-state index in [1.165, 1.54) is 0 Å². The first-order chi connectivity index (χ1) is 10.3. The molecule has 0 bridgehead atoms. The van der Waals surface area contributed by atoms with E-state index in [0.29, 0.717) is 5.56 Å². The summed E-state index contributed by atoms with van der Waals surface area (Å²) in [5.74, 6) is 0.0866. The number of hydrogen-bond acceptors (Lipinski definition) is 4. The summed E-state index contributed by atoms with van der Waals surface area (Å²) < 4.78 is 0. The standard InChI is InChI=1S/C16H13N3OS/c17-16(19-20)13-10-15(21-11-6-2-1-3-7-11)18-14-9-5-4-8-12(13)14/h1-10,20H,(H2,17,19). The van der Waals surface area contributed by atoms with Crippen LogP contribution in [0.25, 0.3) is 10.9 Å². The Morgan fingerprint density at radius 3 is 2.52 bits per heavy atom. The van der Waals surface area contributed by atoms with Crippen molar-refractivity contribution in [1.82, 2.24) is 4.98 Å². The van der Waals surface area contributed by atoms with E-state index in [0.717, 1.165) is 20.8 Å². The van der Waals surface area contributed by atoms with E-state index >= 15 is 0 Å². The monoisotopic (exact) mass is 295 g/mol. The Kier molecular flexibility index (Phi) is 3.75. The molecule has 21 heavy (non-hydrogen) atoms. The summed E-state index contributed by atoms with van der Waals surface area (Å²) in [4.78, 5) is 5.71. The van der Waals surface area contributed by atoms with Gasteiger partial charge in [-0.1, -0.05) is 53.3 Å². The van der Waals surface area contributed by atoms with Gasteiger partial charge in [-0.15, -0.1) is 0 Å². The summed E-state index contributed by atoms with van der Waals surface area (Å²) in [5, 5.41) is 13.8. The predicted octanol–water partition coefficient (Wildman–Crippen LogP) is 3.48. The van der Waals surface area contributed by atoms with Crippen LogP contribution in [0.5, 0.6) is 0 Å². The summed E-state index contributed by atoms with van der Waals surface area (Å²) in [6, 6.07) is 19.5. The lowest BCUT2D eigenvalue weighted by atomic mass is 10.1. The molecule has 0 aliphatic rings. The number of amidine groups is 1. The number of rotatable bonds is 3. The van der Waals surface area contributed by atoms with Gasteiger partial charge in [0.25, 0.3) is 0 Å². The second kappa shape index (κ2) is 5.85. The van der Waals surface area contributed by atoms with Gasteiger partial charge in [-0.05, 0) is 24.3 Å². The van der Waals surface area contributed by atoms with Crippen molar-refractivity contribution < 1.29 is 5.21 Å². The number of aromatic nitrogens is 1. The number of fused-ring (bicyclic) bond motifs is 1. The van der Waals surface area contributed by atoms with Crippen LogP contribution in [0.1, 0.15) is 5.56 Å². The first kappa shape index (κ1) is 13.5. The molecule has 0 aliphatic heterocycles. The zero-order valence-corrected chi connectivity index (χ0v) is 11.9. The highest BCUT2D eigenvalue weighted by molar-refractivity contribution is 7.99. The Labute approximate surface area is 126 Å². The molecule has 0 amide bonds. The van der Waals surface area contributed by atoms with Gasteiger partial charge in [0.15, 0.2) is 5.84 Å². The highest BCUT2D eigenvalue weighted by Gasteiger charge is 2.10. The van der Waals surface area contributed by atoms with Crippen molar-refractivity contribution in [3.63, 3.8) is 0 Å². The highest BCUT2D eigenvalue weighted by Crippen LogP contribution is 2.29. The van der Waals surface area contributed by atoms with Gasteiger partial charge in [0, 0.05) is 15.8 Å². The molecule has 3 rings (SSSR count). The lowest BCUT2D eigenvalue weighted by Crippen LogP contribution is -2.14. The van der Waals surface area contributed by atoms with Crippen molar-refractivity contribution in [2.75, 3.05) is 0 Å². The first-order valence-corrected chi connectivity index (χ1v) is 7.20. The van der Waals surface area contributed by atoms with E-state index in [4.69, 9.17) is 10.9 Å². The van der Waals surface area contributed by atoms with Gasteiger partial charge < -0.3 is 10.9 Å². The summed E-state index contributed by atoms with van der Waals surface area (Å²) in [7, 11) is 0. The lowest BCUT2D eigenvalue weighted by Gasteiger charge is -2.08. The van der Waals surface area contributed by atoms with Crippen LogP contribution < -0.4 is 5.73 Å². The Morgan fingerprint density at radius 1 is 1.05 bits per heavy atom. The molecule has 0 radical (unpaired) electrons. The van der Waals surface area contributed by atoms with E-state index in [1.54, 1.807) is 11.8 Å². The Bertz CT molecular complexity index is 803. The molecule has 5 heteroatoms. The Morgan fingerprint density at radius 2 is 1.76 bits per heavy atom. The third-order valence-corrected chi connectivity index (χ3v) is 3.97. The maximum atomic E-state index is 8.96. The summed E-state index contributed by atoms with van der Waals surface area (Å²) in [5.41, 5.74) is 7.29. The first-order valence-electron chi connectivity index (χ1n) is 6.38. The molecule has 0 aliphatic carbocycles. The van der Waals surface area contributed by atoms with Gasteiger partial charge in [0.1, 0.15) is 5.03 Å². The van der Waals surface area contributed by atoms with Crippen molar-refractivity contribution in [2.24, 2.45) is 10.9 Å². The number of pyridine rings is 1. The number of para-hydroxylation sites is 1. The minimum Gasteiger partial charge on any atom is -0.409 e. The van der Waals surface area contributed by atoms with Gasteiger partial charge in [-0.25, -0.2) is 4.98 Å². The molecule has 0 saturated carbocycles. The molecule has 3 aromatic rings. The van der Waals surface area contributed by atoms with Crippen LogP contribution >= 0.6 is 11.8 Å². The average Bonchev–Trinajstić information content (AvgIpc) is 2.54. The van der Waals surface area contributed by atoms with E-state index < -0.39 is 0 Å². The second-order valence-corrected chi connectivity index (χ2v) is 5.52. The molecular formula is C16H13N3OS. The van der Waals surface area contributed by atoms with Gasteiger partial charge in [0.2, 0.25) is 0 Å². The maximum Gasteiger partial charge on any atom is 0.170 e. The lowest BCUT2D eigenvalue weighted by molar-refractivity contribution is 0.318. The van der Waals surface area contributed by atoms with Gasteiger partial charge in [0.05, 0.1) is 5.52 Å². The van der Waals surface area contributed by atoms with Crippen LogP contribution in [0.3, 0.4) is 0 Å². The quantitative estimate of drug-likeness (QED) is 0.336. The van der Waals surface area contributed by atoms with Gasteiger partial charge in [-0.2, -0.15) is 0 Å². The van der Waals surface area contributed by atoms with Crippen molar-refractivity contribution in [3.05, 3.63) is 66.2 Å². The molecule has 0 atom stereocenters. The molecule has 0 saturated heterocycles. The zero-order chi connectivity index (χ0) is 14.7. The molecule has 0 spiro atoms. The predicted molar refractivity (Wildman–Crippen MR) is 84.8 cm³/mol. The minimum atomic E-state index is 0.0866. The normalized spacial score (nSPS) is 11.7. The molecule has 2 aromatic carbocycles. The van der Waals surface area contributed by atoms with E-state index in [-0.39, 0.29) is 5.84 Å². The molecule has 0 fully saturated rings. The van der Waals surface area contributed by atoms with Crippen molar-refractivity contribution in [1.29, 1.82) is 0 Å². The highest BCUT2D eigenvalue weighted by atomic mass is 32.2. The van der Waals surface area contributed by atoms with Gasteiger partial charge >= 0.3 is 0 Å². The average molecular weight is 295 g/mol. The van der Waals surface area contributed by atoms with Crippen LogP contribution in [0.15, 0.2) is 75.7 Å². The number of benzene rings is 2. The maximum absolute atomic E-state index is 8.96. The van der Waals surface area contributed by atoms with Crippen LogP contribution in [0, 0.1) is 0 Å². The Hall–Kier alpha value is -2.53.